The van der Waals surface area contributed by atoms with E-state index in [1.165, 1.54) is 0 Å². The number of nitrogens with zero attached hydrogens (tertiary/aromatic N) is 1. The molecule has 1 aromatic carbocycles. The van der Waals surface area contributed by atoms with Gasteiger partial charge in [0.1, 0.15) is 0 Å². The number of rotatable bonds is 4. The highest BCUT2D eigenvalue weighted by Gasteiger charge is 2.15. The molecule has 0 saturated carbocycles. The predicted octanol–water partition coefficient (Wildman–Crippen LogP) is 2.75. The molecule has 1 N–H and O–H groups in total. The normalized spacial score (nSPS) is 15.4. The summed E-state index contributed by atoms with van der Waals surface area (Å²) in [5.74, 6) is 1.33. The smallest absolute Gasteiger partial charge is 0.179 e. The first kappa shape index (κ1) is 14.0. The zero-order valence-electron chi connectivity index (χ0n) is 10.9. The average molecular weight is 281 g/mol. The molecule has 4 nitrogen and oxygen atoms in total. The molecule has 1 heterocycles. The Hall–Kier alpha value is -1.44. The Morgan fingerprint density at radius 2 is 2.21 bits per heavy atom. The molecule has 0 spiro atoms. The maximum Gasteiger partial charge on any atom is 0.179 e. The SMILES string of the molecule is CC(C#N)CNCc1cc(Cl)c2c(c1)OCCCO2. The molecule has 0 radical (unpaired) electrons. The van der Waals surface area contributed by atoms with E-state index in [0.29, 0.717) is 42.8 Å². The molecular weight excluding hydrogens is 264 g/mol. The minimum Gasteiger partial charge on any atom is -0.489 e. The molecule has 5 heteroatoms. The highest BCUT2D eigenvalue weighted by Crippen LogP contribution is 2.37. The van der Waals surface area contributed by atoms with E-state index in [0.717, 1.165) is 12.0 Å². The number of fused-ring (bicyclic) bond motifs is 1. The maximum absolute atomic E-state index is 8.72. The molecule has 0 fully saturated rings. The van der Waals surface area contributed by atoms with Crippen molar-refractivity contribution < 1.29 is 9.47 Å². The fourth-order valence-corrected chi connectivity index (χ4v) is 2.15. The lowest BCUT2D eigenvalue weighted by Gasteiger charge is -2.12. The van der Waals surface area contributed by atoms with Gasteiger partial charge in [-0.1, -0.05) is 11.6 Å². The summed E-state index contributed by atoms with van der Waals surface area (Å²) < 4.78 is 11.2. The highest BCUT2D eigenvalue weighted by atomic mass is 35.5. The second-order valence-corrected chi connectivity index (χ2v) is 5.02. The van der Waals surface area contributed by atoms with Crippen molar-refractivity contribution >= 4 is 11.6 Å². The molecule has 0 aliphatic carbocycles. The van der Waals surface area contributed by atoms with E-state index in [4.69, 9.17) is 26.3 Å². The van der Waals surface area contributed by atoms with Crippen molar-refractivity contribution in [2.75, 3.05) is 19.8 Å². The van der Waals surface area contributed by atoms with Gasteiger partial charge in [0.25, 0.3) is 0 Å². The summed E-state index contributed by atoms with van der Waals surface area (Å²) in [6, 6.07) is 6.00. The fourth-order valence-electron chi connectivity index (χ4n) is 1.86. The summed E-state index contributed by atoms with van der Waals surface area (Å²) in [7, 11) is 0. The lowest BCUT2D eigenvalue weighted by Crippen LogP contribution is -2.19. The average Bonchev–Trinajstić information content (AvgIpc) is 2.64. The number of nitriles is 1. The number of hydrogen-bond acceptors (Lipinski definition) is 4. The van der Waals surface area contributed by atoms with Crippen molar-refractivity contribution in [3.8, 4) is 17.6 Å². The van der Waals surface area contributed by atoms with Crippen LogP contribution < -0.4 is 14.8 Å². The molecule has 102 valence electrons. The van der Waals surface area contributed by atoms with Crippen LogP contribution in [0.2, 0.25) is 5.02 Å². The molecule has 0 bridgehead atoms. The van der Waals surface area contributed by atoms with Crippen LogP contribution in [-0.2, 0) is 6.54 Å². The van der Waals surface area contributed by atoms with Crippen LogP contribution in [0.15, 0.2) is 12.1 Å². The second kappa shape index (κ2) is 6.65. The van der Waals surface area contributed by atoms with Gasteiger partial charge >= 0.3 is 0 Å². The summed E-state index contributed by atoms with van der Waals surface area (Å²) in [4.78, 5) is 0. The van der Waals surface area contributed by atoms with Crippen LogP contribution in [0.4, 0.5) is 0 Å². The molecular formula is C14H17ClN2O2. The van der Waals surface area contributed by atoms with Gasteiger partial charge < -0.3 is 14.8 Å². The molecule has 1 aromatic rings. The quantitative estimate of drug-likeness (QED) is 0.921. The standard InChI is InChI=1S/C14H17ClN2O2/c1-10(7-16)8-17-9-11-5-12(15)14-13(6-11)18-3-2-4-19-14/h5-6,10,17H,2-4,8-9H2,1H3. The van der Waals surface area contributed by atoms with Crippen LogP contribution in [0.5, 0.6) is 11.5 Å². The molecule has 1 unspecified atom stereocenters. The molecule has 1 aliphatic heterocycles. The number of nitrogens with one attached hydrogen (secondary N) is 1. The van der Waals surface area contributed by atoms with Gasteiger partial charge in [0, 0.05) is 19.5 Å². The number of halogens is 1. The van der Waals surface area contributed by atoms with Gasteiger partial charge in [-0.05, 0) is 24.6 Å². The van der Waals surface area contributed by atoms with Crippen molar-refractivity contribution in [1.82, 2.24) is 5.32 Å². The van der Waals surface area contributed by atoms with Gasteiger partial charge in [-0.15, -0.1) is 0 Å². The molecule has 2 rings (SSSR count). The Morgan fingerprint density at radius 3 is 3.00 bits per heavy atom. The summed E-state index contributed by atoms with van der Waals surface area (Å²) >= 11 is 6.20. The lowest BCUT2D eigenvalue weighted by molar-refractivity contribution is 0.297. The summed E-state index contributed by atoms with van der Waals surface area (Å²) in [6.07, 6.45) is 0.859. The van der Waals surface area contributed by atoms with Crippen LogP contribution in [0.3, 0.4) is 0 Å². The van der Waals surface area contributed by atoms with E-state index in [2.05, 4.69) is 11.4 Å². The van der Waals surface area contributed by atoms with Gasteiger partial charge in [-0.2, -0.15) is 5.26 Å². The third-order valence-corrected chi connectivity index (χ3v) is 3.14. The number of benzene rings is 1. The lowest BCUT2D eigenvalue weighted by atomic mass is 10.1. The van der Waals surface area contributed by atoms with Gasteiger partial charge in [-0.25, -0.2) is 0 Å². The Balaban J connectivity index is 2.04. The van der Waals surface area contributed by atoms with E-state index >= 15 is 0 Å². The first-order valence-corrected chi connectivity index (χ1v) is 6.77. The van der Waals surface area contributed by atoms with Crippen molar-refractivity contribution in [1.29, 1.82) is 5.26 Å². The van der Waals surface area contributed by atoms with Crippen LogP contribution in [-0.4, -0.2) is 19.8 Å². The van der Waals surface area contributed by atoms with Crippen molar-refractivity contribution in [2.24, 2.45) is 5.92 Å². The number of ether oxygens (including phenoxy) is 2. The first-order valence-electron chi connectivity index (χ1n) is 6.39. The fraction of sp³-hybridized carbons (Fsp3) is 0.500. The summed E-state index contributed by atoms with van der Waals surface area (Å²) in [6.45, 7) is 4.47. The summed E-state index contributed by atoms with van der Waals surface area (Å²) in [5.41, 5.74) is 1.03. The van der Waals surface area contributed by atoms with Gasteiger partial charge in [0.2, 0.25) is 0 Å². The molecule has 1 aliphatic rings. The zero-order chi connectivity index (χ0) is 13.7. The van der Waals surface area contributed by atoms with E-state index in [-0.39, 0.29) is 5.92 Å². The Labute approximate surface area is 118 Å². The third kappa shape index (κ3) is 3.76. The molecule has 0 amide bonds. The van der Waals surface area contributed by atoms with Crippen LogP contribution in [0.25, 0.3) is 0 Å². The van der Waals surface area contributed by atoms with Gasteiger partial charge in [0.15, 0.2) is 11.5 Å². The van der Waals surface area contributed by atoms with Crippen molar-refractivity contribution in [2.45, 2.75) is 19.9 Å². The topological polar surface area (TPSA) is 54.3 Å². The minimum atomic E-state index is -0.00381. The van der Waals surface area contributed by atoms with Gasteiger partial charge in [-0.3, -0.25) is 0 Å². The molecule has 19 heavy (non-hydrogen) atoms. The maximum atomic E-state index is 8.72. The van der Waals surface area contributed by atoms with Crippen LogP contribution >= 0.6 is 11.6 Å². The first-order chi connectivity index (χ1) is 9.20. The Kier molecular flexibility index (Phi) is 4.89. The predicted molar refractivity (Wildman–Crippen MR) is 73.5 cm³/mol. The van der Waals surface area contributed by atoms with Crippen LogP contribution in [0, 0.1) is 17.2 Å². The Bertz CT molecular complexity index is 485. The van der Waals surface area contributed by atoms with E-state index in [9.17, 15) is 0 Å². The van der Waals surface area contributed by atoms with E-state index < -0.39 is 0 Å². The molecule has 0 aromatic heterocycles. The van der Waals surface area contributed by atoms with E-state index in [1.807, 2.05) is 19.1 Å². The van der Waals surface area contributed by atoms with Crippen LogP contribution in [0.1, 0.15) is 18.9 Å². The van der Waals surface area contributed by atoms with E-state index in [1.54, 1.807) is 0 Å². The van der Waals surface area contributed by atoms with Crippen molar-refractivity contribution in [3.05, 3.63) is 22.7 Å². The van der Waals surface area contributed by atoms with Gasteiger partial charge in [0.05, 0.1) is 30.2 Å². The molecule has 1 atom stereocenters. The highest BCUT2D eigenvalue weighted by molar-refractivity contribution is 6.32. The summed E-state index contributed by atoms with van der Waals surface area (Å²) in [5, 5.41) is 12.5. The van der Waals surface area contributed by atoms with Crippen molar-refractivity contribution in [3.63, 3.8) is 0 Å². The minimum absolute atomic E-state index is 0.00381. The largest absolute Gasteiger partial charge is 0.489 e. The Morgan fingerprint density at radius 1 is 1.42 bits per heavy atom. The molecule has 0 saturated heterocycles. The second-order valence-electron chi connectivity index (χ2n) is 4.62. The number of hydrogen-bond donors (Lipinski definition) is 1. The zero-order valence-corrected chi connectivity index (χ0v) is 11.7. The third-order valence-electron chi connectivity index (χ3n) is 2.86. The monoisotopic (exact) mass is 280 g/mol.